The third-order valence-corrected chi connectivity index (χ3v) is 9.01. The van der Waals surface area contributed by atoms with Gasteiger partial charge in [0.05, 0.1) is 26.9 Å². The van der Waals surface area contributed by atoms with E-state index < -0.39 is 26.7 Å². The molecule has 0 aliphatic heterocycles. The largest absolute Gasteiger partial charge is 0.307 e. The minimum atomic E-state index is -4.22. The second kappa shape index (κ2) is 11.5. The van der Waals surface area contributed by atoms with E-state index in [-0.39, 0.29) is 32.5 Å². The van der Waals surface area contributed by atoms with Crippen LogP contribution in [-0.4, -0.2) is 33.8 Å². The van der Waals surface area contributed by atoms with Crippen LogP contribution in [0, 0.1) is 10.1 Å². The molecule has 44 heavy (non-hydrogen) atoms. The van der Waals surface area contributed by atoms with Crippen molar-refractivity contribution in [2.75, 3.05) is 5.32 Å². The number of benzene rings is 4. The molecule has 2 heterocycles. The molecule has 0 fully saturated rings. The predicted molar refractivity (Wildman–Crippen MR) is 168 cm³/mol. The van der Waals surface area contributed by atoms with E-state index in [2.05, 4.69) is 5.32 Å². The van der Waals surface area contributed by atoms with Crippen LogP contribution < -0.4 is 5.32 Å². The van der Waals surface area contributed by atoms with E-state index in [9.17, 15) is 23.3 Å². The average molecular weight is 604 g/mol. The highest BCUT2D eigenvalue weighted by molar-refractivity contribution is 7.92. The van der Waals surface area contributed by atoms with Gasteiger partial charge in [-0.1, -0.05) is 72.8 Å². The summed E-state index contributed by atoms with van der Waals surface area (Å²) in [6.45, 7) is 1.89. The maximum Gasteiger partial charge on any atom is 0.270 e. The van der Waals surface area contributed by atoms with E-state index in [0.717, 1.165) is 5.56 Å². The lowest BCUT2D eigenvalue weighted by molar-refractivity contribution is -0.384. The van der Waals surface area contributed by atoms with Gasteiger partial charge >= 0.3 is 0 Å². The SMILES string of the molecule is C[C@@H](c1ccccc1)n1c(NC(=O)/C=C\c2cccc([N+](=O)[O-])c2)c(S(=O)(=O)c2ccccc2)c2nc3ccccc3nc21. The summed E-state index contributed by atoms with van der Waals surface area (Å²) in [5, 5.41) is 14.0. The molecule has 1 N–H and O–H groups in total. The van der Waals surface area contributed by atoms with Gasteiger partial charge in [-0.3, -0.25) is 14.9 Å². The number of carbonyl (C=O) groups is 1. The Balaban J connectivity index is 1.59. The number of non-ortho nitro benzene ring substituents is 1. The number of aromatic nitrogens is 3. The van der Waals surface area contributed by atoms with E-state index in [1.54, 1.807) is 47.0 Å². The molecule has 4 aromatic carbocycles. The summed E-state index contributed by atoms with van der Waals surface area (Å²) in [7, 11) is -4.22. The molecule has 0 unspecified atom stereocenters. The second-order valence-corrected chi connectivity index (χ2v) is 11.9. The Labute approximate surface area is 252 Å². The Morgan fingerprint density at radius 2 is 1.52 bits per heavy atom. The first-order valence-electron chi connectivity index (χ1n) is 13.6. The number of nitro groups is 1. The monoisotopic (exact) mass is 603 g/mol. The zero-order valence-corrected chi connectivity index (χ0v) is 24.2. The molecule has 0 aliphatic rings. The second-order valence-electron chi connectivity index (χ2n) is 10.0. The van der Waals surface area contributed by atoms with Gasteiger partial charge in [-0.05, 0) is 48.4 Å². The number of para-hydroxylation sites is 2. The van der Waals surface area contributed by atoms with Crippen molar-refractivity contribution in [2.45, 2.75) is 22.8 Å². The number of nitrogens with one attached hydrogen (secondary N) is 1. The van der Waals surface area contributed by atoms with Crippen LogP contribution in [0.25, 0.3) is 28.3 Å². The van der Waals surface area contributed by atoms with E-state index in [1.807, 2.05) is 43.3 Å². The molecule has 10 nitrogen and oxygen atoms in total. The lowest BCUT2D eigenvalue weighted by Gasteiger charge is -2.19. The molecular weight excluding hydrogens is 578 g/mol. The topological polar surface area (TPSA) is 137 Å². The number of hydrogen-bond donors (Lipinski definition) is 1. The summed E-state index contributed by atoms with van der Waals surface area (Å²) in [6, 6.07) is 29.9. The van der Waals surface area contributed by atoms with Crippen LogP contribution in [0.3, 0.4) is 0 Å². The number of anilines is 1. The molecule has 11 heteroatoms. The van der Waals surface area contributed by atoms with Crippen molar-refractivity contribution in [3.8, 4) is 0 Å². The molecule has 6 aromatic rings. The first-order valence-corrected chi connectivity index (χ1v) is 15.1. The molecule has 0 radical (unpaired) electrons. The molecule has 2 aromatic heterocycles. The number of sulfone groups is 1. The molecule has 0 saturated carbocycles. The molecule has 6 rings (SSSR count). The van der Waals surface area contributed by atoms with Crippen LogP contribution in [0.1, 0.15) is 24.1 Å². The molecular formula is C33H25N5O5S. The summed E-state index contributed by atoms with van der Waals surface area (Å²) >= 11 is 0. The van der Waals surface area contributed by atoms with Gasteiger partial charge in [0.25, 0.3) is 5.69 Å². The van der Waals surface area contributed by atoms with Crippen molar-refractivity contribution in [1.29, 1.82) is 0 Å². The lowest BCUT2D eigenvalue weighted by Crippen LogP contribution is -2.18. The maximum absolute atomic E-state index is 14.3. The predicted octanol–water partition coefficient (Wildman–Crippen LogP) is 6.59. The van der Waals surface area contributed by atoms with Crippen molar-refractivity contribution in [2.24, 2.45) is 0 Å². The zero-order valence-electron chi connectivity index (χ0n) is 23.4. The lowest BCUT2D eigenvalue weighted by atomic mass is 10.1. The van der Waals surface area contributed by atoms with Gasteiger partial charge in [-0.2, -0.15) is 0 Å². The summed E-state index contributed by atoms with van der Waals surface area (Å²) in [6.07, 6.45) is 2.62. The standard InChI is InChI=1S/C33H25N5O5S/c1-22(24-12-4-2-5-13-24)37-32-30(34-27-17-8-9-18-28(27)35-32)31(44(42,43)26-15-6-3-7-16-26)33(37)36-29(39)20-19-23-11-10-14-25(21-23)38(40)41/h2-22H,1H3,(H,36,39)/b20-19-/t22-/m0/s1. The van der Waals surface area contributed by atoms with Gasteiger partial charge in [0, 0.05) is 18.2 Å². The van der Waals surface area contributed by atoms with Gasteiger partial charge < -0.3 is 9.88 Å². The smallest absolute Gasteiger partial charge is 0.270 e. The number of fused-ring (bicyclic) bond motifs is 2. The fourth-order valence-corrected chi connectivity index (χ4v) is 6.60. The zero-order chi connectivity index (χ0) is 30.8. The Kier molecular flexibility index (Phi) is 7.46. The Morgan fingerprint density at radius 1 is 0.886 bits per heavy atom. The molecule has 1 atom stereocenters. The highest BCUT2D eigenvalue weighted by atomic mass is 32.2. The normalized spacial score (nSPS) is 12.5. The molecule has 0 saturated heterocycles. The van der Waals surface area contributed by atoms with Crippen LogP contribution in [-0.2, 0) is 14.6 Å². The summed E-state index contributed by atoms with van der Waals surface area (Å²) < 4.78 is 30.3. The van der Waals surface area contributed by atoms with Crippen molar-refractivity contribution in [3.63, 3.8) is 0 Å². The van der Waals surface area contributed by atoms with E-state index >= 15 is 0 Å². The fraction of sp³-hybridized carbons (Fsp3) is 0.0606. The number of rotatable bonds is 8. The molecule has 0 aliphatic carbocycles. The van der Waals surface area contributed by atoms with Crippen molar-refractivity contribution >= 4 is 55.5 Å². The minimum Gasteiger partial charge on any atom is -0.307 e. The molecule has 0 bridgehead atoms. The summed E-state index contributed by atoms with van der Waals surface area (Å²) in [5.74, 6) is -0.640. The first-order chi connectivity index (χ1) is 21.2. The van der Waals surface area contributed by atoms with Gasteiger partial charge in [-0.15, -0.1) is 0 Å². The fourth-order valence-electron chi connectivity index (χ4n) is 5.06. The highest BCUT2D eigenvalue weighted by Crippen LogP contribution is 2.40. The van der Waals surface area contributed by atoms with Crippen LogP contribution >= 0.6 is 0 Å². The third-order valence-electron chi connectivity index (χ3n) is 7.19. The van der Waals surface area contributed by atoms with Gasteiger partial charge in [0.15, 0.2) is 5.65 Å². The van der Waals surface area contributed by atoms with Crippen molar-refractivity contribution < 1.29 is 18.1 Å². The number of nitrogens with zero attached hydrogens (tertiary/aromatic N) is 4. The Morgan fingerprint density at radius 3 is 2.20 bits per heavy atom. The maximum atomic E-state index is 14.3. The van der Waals surface area contributed by atoms with Crippen LogP contribution in [0.15, 0.2) is 125 Å². The number of nitro benzene ring substituents is 1. The van der Waals surface area contributed by atoms with E-state index in [1.165, 1.54) is 42.5 Å². The average Bonchev–Trinajstić information content (AvgIpc) is 3.36. The van der Waals surface area contributed by atoms with Crippen LogP contribution in [0.5, 0.6) is 0 Å². The summed E-state index contributed by atoms with van der Waals surface area (Å²) in [5.41, 5.74) is 2.62. The van der Waals surface area contributed by atoms with Gasteiger partial charge in [-0.25, -0.2) is 18.4 Å². The number of carbonyl (C=O) groups excluding carboxylic acids is 1. The van der Waals surface area contributed by atoms with Gasteiger partial charge in [0.1, 0.15) is 16.2 Å². The quantitative estimate of drug-likeness (QED) is 0.118. The molecule has 218 valence electrons. The van der Waals surface area contributed by atoms with Crippen LogP contribution in [0.2, 0.25) is 0 Å². The Bertz CT molecular complexity index is 2180. The number of hydrogen-bond acceptors (Lipinski definition) is 7. The highest BCUT2D eigenvalue weighted by Gasteiger charge is 2.33. The Hall–Kier alpha value is -5.68. The van der Waals surface area contributed by atoms with Crippen molar-refractivity contribution in [1.82, 2.24) is 14.5 Å². The first kappa shape index (κ1) is 28.4. The summed E-state index contributed by atoms with van der Waals surface area (Å²) in [4.78, 5) is 33.6. The van der Waals surface area contributed by atoms with Crippen LogP contribution in [0.4, 0.5) is 11.5 Å². The molecule has 1 amide bonds. The minimum absolute atomic E-state index is 0.00389. The molecule has 0 spiro atoms. The van der Waals surface area contributed by atoms with Crippen molar-refractivity contribution in [3.05, 3.63) is 137 Å². The van der Waals surface area contributed by atoms with E-state index in [0.29, 0.717) is 16.6 Å². The third kappa shape index (κ3) is 5.32. The van der Waals surface area contributed by atoms with Gasteiger partial charge in [0.2, 0.25) is 15.7 Å². The van der Waals surface area contributed by atoms with E-state index in [4.69, 9.17) is 9.97 Å². The number of amides is 1.